The molecule has 0 unspecified atom stereocenters. The Hall–Kier alpha value is -1.93. The minimum Gasteiger partial charge on any atom is -0.351 e. The molecule has 1 aromatic rings. The van der Waals surface area contributed by atoms with Gasteiger partial charge in [0.15, 0.2) is 0 Å². The third-order valence-corrected chi connectivity index (χ3v) is 5.75. The van der Waals surface area contributed by atoms with Crippen LogP contribution in [0.15, 0.2) is 12.5 Å². The van der Waals surface area contributed by atoms with Crippen LogP contribution in [0.5, 0.6) is 0 Å². The highest BCUT2D eigenvalue weighted by Crippen LogP contribution is 2.20. The summed E-state index contributed by atoms with van der Waals surface area (Å²) < 4.78 is 0. The molecule has 2 saturated heterocycles. The number of amides is 2. The fraction of sp³-hybridized carbons (Fsp3) is 0.737. The molecule has 8 heteroatoms. The highest BCUT2D eigenvalue weighted by Gasteiger charge is 2.29. The van der Waals surface area contributed by atoms with E-state index in [1.807, 2.05) is 0 Å². The second-order valence-corrected chi connectivity index (χ2v) is 7.89. The van der Waals surface area contributed by atoms with Gasteiger partial charge in [-0.05, 0) is 45.8 Å². The smallest absolute Gasteiger partial charge is 0.243 e. The van der Waals surface area contributed by atoms with Crippen molar-refractivity contribution in [3.8, 4) is 0 Å². The highest BCUT2D eigenvalue weighted by atomic mass is 16.2. The van der Waals surface area contributed by atoms with Gasteiger partial charge in [0.1, 0.15) is 6.04 Å². The van der Waals surface area contributed by atoms with Crippen LogP contribution in [0.3, 0.4) is 0 Å². The summed E-state index contributed by atoms with van der Waals surface area (Å²) in [6, 6.07) is 0.290. The van der Waals surface area contributed by atoms with Crippen molar-refractivity contribution in [3.63, 3.8) is 0 Å². The number of aromatic nitrogens is 2. The summed E-state index contributed by atoms with van der Waals surface area (Å²) in [4.78, 5) is 36.2. The molecule has 2 fully saturated rings. The fourth-order valence-corrected chi connectivity index (χ4v) is 4.14. The lowest BCUT2D eigenvalue weighted by Crippen LogP contribution is -2.54. The number of nitrogens with one attached hydrogen (secondary N) is 3. The van der Waals surface area contributed by atoms with Gasteiger partial charge in [-0.1, -0.05) is 0 Å². The lowest BCUT2D eigenvalue weighted by Gasteiger charge is -2.41. The lowest BCUT2D eigenvalue weighted by atomic mass is 9.97. The second-order valence-electron chi connectivity index (χ2n) is 7.89. The van der Waals surface area contributed by atoms with Crippen molar-refractivity contribution in [2.24, 2.45) is 0 Å². The maximum absolute atomic E-state index is 12.7. The quantitative estimate of drug-likeness (QED) is 0.656. The number of hydrogen-bond donors (Lipinski definition) is 3. The predicted octanol–water partition coefficient (Wildman–Crippen LogP) is 0.132. The topological polar surface area (TPSA) is 93.4 Å². The van der Waals surface area contributed by atoms with Crippen LogP contribution in [0.2, 0.25) is 0 Å². The molecule has 150 valence electrons. The predicted molar refractivity (Wildman–Crippen MR) is 103 cm³/mol. The average molecular weight is 377 g/mol. The third-order valence-electron chi connectivity index (χ3n) is 5.75. The molecule has 27 heavy (non-hydrogen) atoms. The zero-order valence-electron chi connectivity index (χ0n) is 16.4. The molecule has 2 amide bonds. The lowest BCUT2D eigenvalue weighted by molar-refractivity contribution is -0.128. The molecule has 2 aliphatic heterocycles. The number of nitrogens with zero attached hydrogens (tertiary/aromatic N) is 3. The van der Waals surface area contributed by atoms with E-state index in [0.29, 0.717) is 12.5 Å². The Balaban J connectivity index is 1.47. The van der Waals surface area contributed by atoms with Crippen molar-refractivity contribution < 1.29 is 9.59 Å². The highest BCUT2D eigenvalue weighted by molar-refractivity contribution is 5.87. The molecular weight excluding hydrogens is 344 g/mol. The molecule has 2 aliphatic rings. The zero-order chi connectivity index (χ0) is 19.2. The first-order chi connectivity index (χ1) is 13.0. The number of H-pyrrole nitrogens is 1. The molecule has 3 N–H and O–H groups in total. The van der Waals surface area contributed by atoms with E-state index < -0.39 is 6.04 Å². The molecule has 0 radical (unpaired) electrons. The van der Waals surface area contributed by atoms with Crippen LogP contribution >= 0.6 is 0 Å². The van der Waals surface area contributed by atoms with Gasteiger partial charge in [0.25, 0.3) is 0 Å². The van der Waals surface area contributed by atoms with Gasteiger partial charge in [0.2, 0.25) is 11.8 Å². The molecule has 8 nitrogen and oxygen atoms in total. The van der Waals surface area contributed by atoms with Crippen molar-refractivity contribution in [1.82, 2.24) is 30.4 Å². The zero-order valence-corrected chi connectivity index (χ0v) is 16.4. The molecule has 0 aliphatic carbocycles. The van der Waals surface area contributed by atoms with E-state index in [1.165, 1.54) is 32.9 Å². The summed E-state index contributed by atoms with van der Waals surface area (Å²) in [7, 11) is 2.19. The Labute approximate surface area is 161 Å². The van der Waals surface area contributed by atoms with Crippen LogP contribution in [-0.4, -0.2) is 82.9 Å². The molecule has 1 atom stereocenters. The van der Waals surface area contributed by atoms with Crippen LogP contribution in [-0.2, 0) is 16.0 Å². The number of likely N-dealkylation sites (tertiary alicyclic amines) is 2. The maximum Gasteiger partial charge on any atom is 0.243 e. The monoisotopic (exact) mass is 376 g/mol. The second kappa shape index (κ2) is 9.32. The van der Waals surface area contributed by atoms with Crippen molar-refractivity contribution in [3.05, 3.63) is 18.2 Å². The first-order valence-electron chi connectivity index (χ1n) is 9.98. The number of carbonyl (C=O) groups excluding carboxylic acids is 2. The van der Waals surface area contributed by atoms with Gasteiger partial charge in [-0.2, -0.15) is 0 Å². The number of hydrogen-bond acceptors (Lipinski definition) is 5. The Kier molecular flexibility index (Phi) is 6.84. The number of rotatable bonds is 6. The summed E-state index contributed by atoms with van der Waals surface area (Å²) in [6.45, 7) is 5.85. The molecule has 0 saturated carbocycles. The largest absolute Gasteiger partial charge is 0.351 e. The van der Waals surface area contributed by atoms with Gasteiger partial charge in [0.05, 0.1) is 6.33 Å². The molecular formula is C19H32N6O2. The van der Waals surface area contributed by atoms with Crippen molar-refractivity contribution in [2.45, 2.75) is 57.2 Å². The molecule has 1 aromatic heterocycles. The summed E-state index contributed by atoms with van der Waals surface area (Å²) in [5.74, 6) is -0.315. The maximum atomic E-state index is 12.7. The van der Waals surface area contributed by atoms with E-state index in [0.717, 1.165) is 31.6 Å². The minimum atomic E-state index is -0.574. The first-order valence-corrected chi connectivity index (χ1v) is 9.98. The fourth-order valence-electron chi connectivity index (χ4n) is 4.14. The molecule has 3 heterocycles. The molecule has 3 rings (SSSR count). The minimum absolute atomic E-state index is 0.113. The SMILES string of the molecule is CC(=O)N[C@@H](Cc1cnc[nH]1)C(=O)NC1CCN(C2CCN(C)CC2)CC1. The van der Waals surface area contributed by atoms with Gasteiger partial charge >= 0.3 is 0 Å². The first kappa shape index (κ1) is 19.8. The van der Waals surface area contributed by atoms with Gasteiger partial charge in [0, 0.05) is 50.4 Å². The van der Waals surface area contributed by atoms with Crippen LogP contribution < -0.4 is 10.6 Å². The van der Waals surface area contributed by atoms with Gasteiger partial charge in [-0.15, -0.1) is 0 Å². The van der Waals surface area contributed by atoms with Gasteiger partial charge in [-0.25, -0.2) is 4.98 Å². The van der Waals surface area contributed by atoms with Crippen molar-refractivity contribution >= 4 is 11.8 Å². The van der Waals surface area contributed by atoms with Crippen molar-refractivity contribution in [1.29, 1.82) is 0 Å². The van der Waals surface area contributed by atoms with Crippen LogP contribution in [0, 0.1) is 0 Å². The standard InChI is InChI=1S/C19H32N6O2/c1-14(26)22-18(11-16-12-20-13-21-16)19(27)23-15-3-9-25(10-4-15)17-5-7-24(2)8-6-17/h12-13,15,17-18H,3-11H2,1-2H3,(H,20,21)(H,22,26)(H,23,27)/t18-/m0/s1. The van der Waals surface area contributed by atoms with E-state index in [4.69, 9.17) is 0 Å². The Morgan fingerprint density at radius 3 is 2.52 bits per heavy atom. The van der Waals surface area contributed by atoms with Crippen LogP contribution in [0.4, 0.5) is 0 Å². The Morgan fingerprint density at radius 1 is 1.22 bits per heavy atom. The Morgan fingerprint density at radius 2 is 1.93 bits per heavy atom. The van der Waals surface area contributed by atoms with Crippen LogP contribution in [0.1, 0.15) is 38.3 Å². The third kappa shape index (κ3) is 5.77. The van der Waals surface area contributed by atoms with E-state index >= 15 is 0 Å². The summed E-state index contributed by atoms with van der Waals surface area (Å²) in [5.41, 5.74) is 0.834. The number of aromatic amines is 1. The van der Waals surface area contributed by atoms with E-state index in [1.54, 1.807) is 12.5 Å². The van der Waals surface area contributed by atoms with E-state index in [-0.39, 0.29) is 17.9 Å². The van der Waals surface area contributed by atoms with Crippen molar-refractivity contribution in [2.75, 3.05) is 33.2 Å². The molecule has 0 bridgehead atoms. The van der Waals surface area contributed by atoms with E-state index in [2.05, 4.69) is 37.4 Å². The summed E-state index contributed by atoms with van der Waals surface area (Å²) in [5, 5.41) is 5.90. The van der Waals surface area contributed by atoms with Crippen LogP contribution in [0.25, 0.3) is 0 Å². The molecule has 0 aromatic carbocycles. The Bertz CT molecular complexity index is 604. The normalized spacial score (nSPS) is 21.7. The number of piperidine rings is 2. The number of imidazole rings is 1. The van der Waals surface area contributed by atoms with Gasteiger partial charge < -0.3 is 25.4 Å². The number of carbonyl (C=O) groups is 2. The summed E-state index contributed by atoms with van der Waals surface area (Å²) >= 11 is 0. The molecule has 0 spiro atoms. The summed E-state index contributed by atoms with van der Waals surface area (Å²) in [6.07, 6.45) is 8.09. The van der Waals surface area contributed by atoms with Gasteiger partial charge in [-0.3, -0.25) is 9.59 Å². The average Bonchev–Trinajstić information content (AvgIpc) is 3.15. The van der Waals surface area contributed by atoms with E-state index in [9.17, 15) is 9.59 Å².